The molecule has 1 saturated heterocycles. The summed E-state index contributed by atoms with van der Waals surface area (Å²) < 4.78 is 0. The molecule has 0 unspecified atom stereocenters. The predicted molar refractivity (Wildman–Crippen MR) is 115 cm³/mol. The summed E-state index contributed by atoms with van der Waals surface area (Å²) in [7, 11) is 0. The molecule has 1 fully saturated rings. The van der Waals surface area contributed by atoms with E-state index in [1.54, 1.807) is 30.6 Å². The molecule has 0 saturated carbocycles. The molecule has 0 atom stereocenters. The summed E-state index contributed by atoms with van der Waals surface area (Å²) >= 11 is 12.0. The van der Waals surface area contributed by atoms with Gasteiger partial charge in [-0.25, -0.2) is 0 Å². The molecule has 3 aromatic rings. The van der Waals surface area contributed by atoms with Crippen LogP contribution in [-0.2, 0) is 4.79 Å². The first-order valence-corrected chi connectivity index (χ1v) is 10.1. The summed E-state index contributed by atoms with van der Waals surface area (Å²) in [6.07, 6.45) is 4.98. The summed E-state index contributed by atoms with van der Waals surface area (Å²) in [6, 6.07) is 12.8. The monoisotopic (exact) mass is 427 g/mol. The van der Waals surface area contributed by atoms with E-state index in [-0.39, 0.29) is 11.8 Å². The largest absolute Gasteiger partial charge is 0.355 e. The lowest BCUT2D eigenvalue weighted by molar-refractivity contribution is -0.120. The van der Waals surface area contributed by atoms with Crippen LogP contribution in [0.3, 0.4) is 0 Å². The van der Waals surface area contributed by atoms with Crippen LogP contribution in [0.15, 0.2) is 54.9 Å². The van der Waals surface area contributed by atoms with Crippen molar-refractivity contribution in [1.82, 2.24) is 15.2 Å². The number of anilines is 2. The van der Waals surface area contributed by atoms with Crippen molar-refractivity contribution in [3.05, 3.63) is 64.9 Å². The Bertz CT molecular complexity index is 969. The number of hydrogen-bond acceptors (Lipinski definition) is 5. The van der Waals surface area contributed by atoms with E-state index in [1.807, 2.05) is 24.3 Å². The normalized spacial score (nSPS) is 14.6. The molecule has 1 amide bonds. The molecule has 148 valence electrons. The minimum absolute atomic E-state index is 0.0130. The molecule has 0 radical (unpaired) electrons. The molecular formula is C21H19Cl2N5O. The second kappa shape index (κ2) is 8.76. The highest BCUT2D eigenvalue weighted by molar-refractivity contribution is 6.35. The third-order valence-electron chi connectivity index (χ3n) is 4.93. The van der Waals surface area contributed by atoms with Crippen molar-refractivity contribution in [2.75, 3.05) is 23.3 Å². The molecule has 1 N–H and O–H groups in total. The first-order valence-electron chi connectivity index (χ1n) is 9.34. The molecule has 3 heterocycles. The van der Waals surface area contributed by atoms with Gasteiger partial charge in [0.05, 0.1) is 5.69 Å². The number of amides is 1. The zero-order valence-electron chi connectivity index (χ0n) is 15.6. The number of piperidine rings is 1. The van der Waals surface area contributed by atoms with Gasteiger partial charge in [0.25, 0.3) is 0 Å². The minimum atomic E-state index is -0.0633. The number of carbonyl (C=O) groups excluding carboxylic acids is 1. The molecule has 4 rings (SSSR count). The van der Waals surface area contributed by atoms with Gasteiger partial charge < -0.3 is 10.2 Å². The Labute approximate surface area is 178 Å². The van der Waals surface area contributed by atoms with E-state index in [0.717, 1.165) is 43.0 Å². The van der Waals surface area contributed by atoms with Crippen molar-refractivity contribution in [2.24, 2.45) is 5.92 Å². The van der Waals surface area contributed by atoms with E-state index < -0.39 is 0 Å². The van der Waals surface area contributed by atoms with Gasteiger partial charge in [0.2, 0.25) is 5.91 Å². The van der Waals surface area contributed by atoms with Crippen LogP contribution in [0.2, 0.25) is 10.0 Å². The summed E-state index contributed by atoms with van der Waals surface area (Å²) in [6.45, 7) is 1.49. The standard InChI is InChI=1S/C21H19Cl2N5O/c22-16-10-17(23)12-18(11-16)25-21(29)14-5-8-28(9-6-14)20-4-3-19(26-27-20)15-2-1-7-24-13-15/h1-4,7,10-14H,5-6,8-9H2,(H,25,29). The minimum Gasteiger partial charge on any atom is -0.355 e. The van der Waals surface area contributed by atoms with Crippen LogP contribution in [0, 0.1) is 5.92 Å². The Morgan fingerprint density at radius 2 is 1.79 bits per heavy atom. The maximum atomic E-state index is 12.6. The lowest BCUT2D eigenvalue weighted by atomic mass is 9.96. The van der Waals surface area contributed by atoms with Gasteiger partial charge in [-0.05, 0) is 55.3 Å². The van der Waals surface area contributed by atoms with E-state index in [4.69, 9.17) is 23.2 Å². The average Bonchev–Trinajstić information content (AvgIpc) is 2.74. The first-order chi connectivity index (χ1) is 14.1. The molecule has 2 aromatic heterocycles. The van der Waals surface area contributed by atoms with Crippen LogP contribution < -0.4 is 10.2 Å². The predicted octanol–water partition coefficient (Wildman–Crippen LogP) is 4.70. The number of benzene rings is 1. The van der Waals surface area contributed by atoms with Gasteiger partial charge in [0.15, 0.2) is 5.82 Å². The van der Waals surface area contributed by atoms with Crippen LogP contribution in [0.1, 0.15) is 12.8 Å². The number of carbonyl (C=O) groups is 1. The number of nitrogens with one attached hydrogen (secondary N) is 1. The molecule has 1 aromatic carbocycles. The van der Waals surface area contributed by atoms with Crippen molar-refractivity contribution in [3.63, 3.8) is 0 Å². The smallest absolute Gasteiger partial charge is 0.227 e. The fourth-order valence-electron chi connectivity index (χ4n) is 3.40. The van der Waals surface area contributed by atoms with Gasteiger partial charge in [0.1, 0.15) is 0 Å². The number of pyridine rings is 1. The molecule has 0 bridgehead atoms. The van der Waals surface area contributed by atoms with Crippen molar-refractivity contribution in [3.8, 4) is 11.3 Å². The number of nitrogens with zero attached hydrogens (tertiary/aromatic N) is 4. The van der Waals surface area contributed by atoms with Crippen LogP contribution >= 0.6 is 23.2 Å². The van der Waals surface area contributed by atoms with Crippen LogP contribution in [0.25, 0.3) is 11.3 Å². The van der Waals surface area contributed by atoms with Crippen molar-refractivity contribution in [1.29, 1.82) is 0 Å². The molecule has 0 aliphatic carbocycles. The average molecular weight is 428 g/mol. The Hall–Kier alpha value is -2.70. The maximum Gasteiger partial charge on any atom is 0.227 e. The third-order valence-corrected chi connectivity index (χ3v) is 5.36. The molecule has 8 heteroatoms. The summed E-state index contributed by atoms with van der Waals surface area (Å²) in [4.78, 5) is 18.8. The van der Waals surface area contributed by atoms with Crippen LogP contribution in [0.4, 0.5) is 11.5 Å². The Morgan fingerprint density at radius 3 is 2.41 bits per heavy atom. The third kappa shape index (κ3) is 4.83. The van der Waals surface area contributed by atoms with E-state index in [9.17, 15) is 4.79 Å². The van der Waals surface area contributed by atoms with E-state index in [0.29, 0.717) is 15.7 Å². The van der Waals surface area contributed by atoms with Crippen LogP contribution in [-0.4, -0.2) is 34.2 Å². The number of hydrogen-bond donors (Lipinski definition) is 1. The Balaban J connectivity index is 1.35. The second-order valence-corrected chi connectivity index (χ2v) is 7.80. The summed E-state index contributed by atoms with van der Waals surface area (Å²) in [5.41, 5.74) is 2.34. The van der Waals surface area contributed by atoms with Crippen molar-refractivity contribution < 1.29 is 4.79 Å². The second-order valence-electron chi connectivity index (χ2n) is 6.93. The van der Waals surface area contributed by atoms with Gasteiger partial charge in [-0.3, -0.25) is 9.78 Å². The Kier molecular flexibility index (Phi) is 5.92. The van der Waals surface area contributed by atoms with E-state index in [2.05, 4.69) is 25.4 Å². The number of rotatable bonds is 4. The van der Waals surface area contributed by atoms with Crippen molar-refractivity contribution in [2.45, 2.75) is 12.8 Å². The highest BCUT2D eigenvalue weighted by atomic mass is 35.5. The topological polar surface area (TPSA) is 71.0 Å². The summed E-state index contributed by atoms with van der Waals surface area (Å²) in [5, 5.41) is 12.6. The molecule has 29 heavy (non-hydrogen) atoms. The molecule has 1 aliphatic heterocycles. The Morgan fingerprint density at radius 1 is 1.03 bits per heavy atom. The molecular weight excluding hydrogens is 409 g/mol. The zero-order valence-corrected chi connectivity index (χ0v) is 17.1. The van der Waals surface area contributed by atoms with E-state index in [1.165, 1.54) is 0 Å². The van der Waals surface area contributed by atoms with E-state index >= 15 is 0 Å². The van der Waals surface area contributed by atoms with Gasteiger partial charge in [-0.2, -0.15) is 0 Å². The van der Waals surface area contributed by atoms with Gasteiger partial charge >= 0.3 is 0 Å². The van der Waals surface area contributed by atoms with Gasteiger partial charge in [-0.1, -0.05) is 23.2 Å². The van der Waals surface area contributed by atoms with Gasteiger partial charge in [-0.15, -0.1) is 10.2 Å². The SMILES string of the molecule is O=C(Nc1cc(Cl)cc(Cl)c1)C1CCN(c2ccc(-c3cccnc3)nn2)CC1. The fourth-order valence-corrected chi connectivity index (χ4v) is 3.93. The molecule has 1 aliphatic rings. The lowest BCUT2D eigenvalue weighted by Gasteiger charge is -2.31. The fraction of sp³-hybridized carbons (Fsp3) is 0.238. The maximum absolute atomic E-state index is 12.6. The van der Waals surface area contributed by atoms with Crippen molar-refractivity contribution >= 4 is 40.6 Å². The molecule has 6 nitrogen and oxygen atoms in total. The lowest BCUT2D eigenvalue weighted by Crippen LogP contribution is -2.38. The number of halogens is 2. The first kappa shape index (κ1) is 19.6. The summed E-state index contributed by atoms with van der Waals surface area (Å²) in [5.74, 6) is 0.741. The quantitative estimate of drug-likeness (QED) is 0.652. The highest BCUT2D eigenvalue weighted by Crippen LogP contribution is 2.26. The molecule has 0 spiro atoms. The van der Waals surface area contributed by atoms with Crippen LogP contribution in [0.5, 0.6) is 0 Å². The van der Waals surface area contributed by atoms with Gasteiger partial charge in [0, 0.05) is 52.7 Å². The number of aromatic nitrogens is 3. The zero-order chi connectivity index (χ0) is 20.2. The highest BCUT2D eigenvalue weighted by Gasteiger charge is 2.26.